The van der Waals surface area contributed by atoms with Crippen molar-refractivity contribution in [1.29, 1.82) is 0 Å². The minimum atomic E-state index is 0.0916. The monoisotopic (exact) mass is 370 g/mol. The van der Waals surface area contributed by atoms with Gasteiger partial charge >= 0.3 is 0 Å². The van der Waals surface area contributed by atoms with E-state index < -0.39 is 0 Å². The van der Waals surface area contributed by atoms with Crippen molar-refractivity contribution < 1.29 is 4.42 Å². The molecule has 144 valence electrons. The lowest BCUT2D eigenvalue weighted by Gasteiger charge is -2.26. The Hall–Kier alpha value is -2.54. The van der Waals surface area contributed by atoms with Crippen molar-refractivity contribution in [3.63, 3.8) is 0 Å². The van der Waals surface area contributed by atoms with Crippen LogP contribution in [0.1, 0.15) is 58.2 Å². The van der Waals surface area contributed by atoms with Gasteiger partial charge in [-0.1, -0.05) is 96.1 Å². The molecule has 0 saturated carbocycles. The van der Waals surface area contributed by atoms with E-state index in [0.29, 0.717) is 0 Å². The van der Waals surface area contributed by atoms with Crippen LogP contribution < -0.4 is 0 Å². The van der Waals surface area contributed by atoms with E-state index in [4.69, 9.17) is 4.42 Å². The van der Waals surface area contributed by atoms with Gasteiger partial charge in [0.05, 0.1) is 0 Å². The Morgan fingerprint density at radius 2 is 1.18 bits per heavy atom. The molecule has 0 unspecified atom stereocenters. The van der Waals surface area contributed by atoms with Crippen molar-refractivity contribution in [3.05, 3.63) is 71.3 Å². The van der Waals surface area contributed by atoms with Crippen LogP contribution in [0.2, 0.25) is 0 Å². The van der Waals surface area contributed by atoms with Gasteiger partial charge < -0.3 is 4.42 Å². The summed E-state index contributed by atoms with van der Waals surface area (Å²) < 4.78 is 6.42. The number of para-hydroxylation sites is 2. The third-order valence-corrected chi connectivity index (χ3v) is 5.70. The molecule has 0 radical (unpaired) electrons. The van der Waals surface area contributed by atoms with E-state index in [1.807, 2.05) is 0 Å². The predicted octanol–water partition coefficient (Wildman–Crippen LogP) is 8.16. The van der Waals surface area contributed by atoms with Gasteiger partial charge in [-0.15, -0.1) is 0 Å². The zero-order valence-corrected chi connectivity index (χ0v) is 18.1. The SMILES string of the molecule is Cc1cccc2c1oc1c(-c3cc(C(C)(C)C)cc(C(C)(C)C)c3)cccc12. The highest BCUT2D eigenvalue weighted by Gasteiger charge is 2.22. The first-order valence-corrected chi connectivity index (χ1v) is 10.1. The zero-order chi connectivity index (χ0) is 20.3. The number of furan rings is 1. The van der Waals surface area contributed by atoms with Crippen LogP contribution in [0.5, 0.6) is 0 Å². The standard InChI is InChI=1S/C27H30O/c1-17-10-8-12-22-23-13-9-11-21(25(23)28-24(17)22)18-14-19(26(2,3)4)16-20(15-18)27(5,6)7/h8-16H,1-7H3. The first kappa shape index (κ1) is 18.8. The van der Waals surface area contributed by atoms with Gasteiger partial charge in [0.2, 0.25) is 0 Å². The van der Waals surface area contributed by atoms with Gasteiger partial charge in [0.25, 0.3) is 0 Å². The van der Waals surface area contributed by atoms with Crippen molar-refractivity contribution in [2.24, 2.45) is 0 Å². The molecule has 0 aliphatic carbocycles. The first-order chi connectivity index (χ1) is 13.1. The molecular formula is C27H30O. The predicted molar refractivity (Wildman–Crippen MR) is 121 cm³/mol. The molecule has 28 heavy (non-hydrogen) atoms. The maximum Gasteiger partial charge on any atom is 0.143 e. The van der Waals surface area contributed by atoms with Crippen LogP contribution in [0.4, 0.5) is 0 Å². The molecule has 0 spiro atoms. The van der Waals surface area contributed by atoms with Crippen LogP contribution in [0.25, 0.3) is 33.1 Å². The smallest absolute Gasteiger partial charge is 0.143 e. The lowest BCUT2D eigenvalue weighted by Crippen LogP contribution is -2.16. The van der Waals surface area contributed by atoms with Gasteiger partial charge in [-0.25, -0.2) is 0 Å². The van der Waals surface area contributed by atoms with Gasteiger partial charge in [-0.2, -0.15) is 0 Å². The third-order valence-electron chi connectivity index (χ3n) is 5.70. The van der Waals surface area contributed by atoms with Crippen LogP contribution >= 0.6 is 0 Å². The molecule has 4 rings (SSSR count). The third kappa shape index (κ3) is 3.13. The minimum absolute atomic E-state index is 0.0916. The Balaban J connectivity index is 2.05. The quantitative estimate of drug-likeness (QED) is 0.329. The fourth-order valence-electron chi connectivity index (χ4n) is 3.84. The second-order valence-electron chi connectivity index (χ2n) is 10.0. The van der Waals surface area contributed by atoms with E-state index in [2.05, 4.69) is 103 Å². The van der Waals surface area contributed by atoms with E-state index in [0.717, 1.165) is 11.2 Å². The van der Waals surface area contributed by atoms with Gasteiger partial charge in [0, 0.05) is 16.3 Å². The normalized spacial score (nSPS) is 12.8. The maximum atomic E-state index is 6.42. The summed E-state index contributed by atoms with van der Waals surface area (Å²) in [6.07, 6.45) is 0. The number of benzene rings is 3. The topological polar surface area (TPSA) is 13.1 Å². The highest BCUT2D eigenvalue weighted by molar-refractivity contribution is 6.10. The average Bonchev–Trinajstić information content (AvgIpc) is 3.00. The second-order valence-corrected chi connectivity index (χ2v) is 10.0. The Labute approximate surface area is 168 Å². The van der Waals surface area contributed by atoms with E-state index in [9.17, 15) is 0 Å². The van der Waals surface area contributed by atoms with Gasteiger partial charge in [-0.05, 0) is 40.0 Å². The van der Waals surface area contributed by atoms with Crippen molar-refractivity contribution >= 4 is 21.9 Å². The number of fused-ring (bicyclic) bond motifs is 3. The van der Waals surface area contributed by atoms with Crippen LogP contribution in [-0.4, -0.2) is 0 Å². The maximum absolute atomic E-state index is 6.42. The summed E-state index contributed by atoms with van der Waals surface area (Å²) in [6.45, 7) is 15.8. The average molecular weight is 371 g/mol. The number of rotatable bonds is 1. The van der Waals surface area contributed by atoms with Crippen LogP contribution in [0, 0.1) is 6.92 Å². The van der Waals surface area contributed by atoms with Crippen LogP contribution in [-0.2, 0) is 10.8 Å². The molecule has 0 fully saturated rings. The van der Waals surface area contributed by atoms with E-state index in [-0.39, 0.29) is 10.8 Å². The van der Waals surface area contributed by atoms with E-state index in [1.165, 1.54) is 38.6 Å². The Morgan fingerprint density at radius 3 is 1.75 bits per heavy atom. The van der Waals surface area contributed by atoms with Crippen LogP contribution in [0.3, 0.4) is 0 Å². The largest absolute Gasteiger partial charge is 0.455 e. The summed E-state index contributed by atoms with van der Waals surface area (Å²) in [6, 6.07) is 19.9. The van der Waals surface area contributed by atoms with Gasteiger partial charge in [0.1, 0.15) is 11.2 Å². The fourth-order valence-corrected chi connectivity index (χ4v) is 3.84. The van der Waals surface area contributed by atoms with Gasteiger partial charge in [0.15, 0.2) is 0 Å². The number of aryl methyl sites for hydroxylation is 1. The summed E-state index contributed by atoms with van der Waals surface area (Å²) in [7, 11) is 0. The van der Waals surface area contributed by atoms with Gasteiger partial charge in [-0.3, -0.25) is 0 Å². The van der Waals surface area contributed by atoms with Crippen molar-refractivity contribution in [1.82, 2.24) is 0 Å². The lowest BCUT2D eigenvalue weighted by atomic mass is 9.79. The molecule has 4 aromatic rings. The molecule has 1 heterocycles. The summed E-state index contributed by atoms with van der Waals surface area (Å²) in [5, 5.41) is 2.38. The zero-order valence-electron chi connectivity index (χ0n) is 18.1. The summed E-state index contributed by atoms with van der Waals surface area (Å²) in [5.41, 5.74) is 8.47. The summed E-state index contributed by atoms with van der Waals surface area (Å²) >= 11 is 0. The Bertz CT molecular complexity index is 1140. The summed E-state index contributed by atoms with van der Waals surface area (Å²) in [4.78, 5) is 0. The molecule has 0 amide bonds. The fraction of sp³-hybridized carbons (Fsp3) is 0.333. The Kier molecular flexibility index (Phi) is 4.19. The molecule has 0 bridgehead atoms. The molecule has 1 nitrogen and oxygen atoms in total. The second kappa shape index (κ2) is 6.24. The molecule has 1 heteroatoms. The van der Waals surface area contributed by atoms with Crippen molar-refractivity contribution in [2.75, 3.05) is 0 Å². The molecule has 0 atom stereocenters. The van der Waals surface area contributed by atoms with Crippen molar-refractivity contribution in [3.8, 4) is 11.1 Å². The molecule has 3 aromatic carbocycles. The van der Waals surface area contributed by atoms with Crippen LogP contribution in [0.15, 0.2) is 59.0 Å². The molecule has 1 aromatic heterocycles. The number of hydrogen-bond donors (Lipinski definition) is 0. The van der Waals surface area contributed by atoms with Crippen molar-refractivity contribution in [2.45, 2.75) is 59.3 Å². The molecule has 0 aliphatic heterocycles. The molecular weight excluding hydrogens is 340 g/mol. The number of hydrogen-bond acceptors (Lipinski definition) is 1. The highest BCUT2D eigenvalue weighted by Crippen LogP contribution is 2.39. The Morgan fingerprint density at radius 1 is 0.643 bits per heavy atom. The molecule has 0 N–H and O–H groups in total. The molecule has 0 aliphatic rings. The minimum Gasteiger partial charge on any atom is -0.455 e. The summed E-state index contributed by atoms with van der Waals surface area (Å²) in [5.74, 6) is 0. The van der Waals surface area contributed by atoms with E-state index >= 15 is 0 Å². The first-order valence-electron chi connectivity index (χ1n) is 10.1. The highest BCUT2D eigenvalue weighted by atomic mass is 16.3. The van der Waals surface area contributed by atoms with E-state index in [1.54, 1.807) is 0 Å². The lowest BCUT2D eigenvalue weighted by molar-refractivity contribution is 0.569. The molecule has 0 saturated heterocycles.